The normalized spacial score (nSPS) is 11.8. The van der Waals surface area contributed by atoms with E-state index in [1.807, 2.05) is 0 Å². The van der Waals surface area contributed by atoms with Crippen molar-refractivity contribution in [2.45, 2.75) is 19.4 Å². The number of anilines is 1. The third kappa shape index (κ3) is 3.45. The highest BCUT2D eigenvalue weighted by molar-refractivity contribution is 6.33. The van der Waals surface area contributed by atoms with Crippen LogP contribution in [0.1, 0.15) is 23.7 Å². The number of ether oxygens (including phenoxy) is 1. The van der Waals surface area contributed by atoms with Crippen molar-refractivity contribution >= 4 is 29.2 Å². The standard InChI is InChI=1S/C12H15ClN2O3/c1-3-9(14)11(16)15-10-6-7(12(17)18-2)4-5-8(10)13/h4-6,9H,3,14H2,1-2H3,(H,15,16). The van der Waals surface area contributed by atoms with E-state index in [1.54, 1.807) is 6.92 Å². The molecule has 0 aliphatic heterocycles. The van der Waals surface area contributed by atoms with Gasteiger partial charge < -0.3 is 15.8 Å². The summed E-state index contributed by atoms with van der Waals surface area (Å²) < 4.78 is 4.59. The Hall–Kier alpha value is -1.59. The van der Waals surface area contributed by atoms with Crippen LogP contribution in [-0.4, -0.2) is 25.0 Å². The highest BCUT2D eigenvalue weighted by Gasteiger charge is 2.14. The number of hydrogen-bond donors (Lipinski definition) is 2. The summed E-state index contributed by atoms with van der Waals surface area (Å²) in [5, 5.41) is 2.91. The van der Waals surface area contributed by atoms with Crippen molar-refractivity contribution in [2.75, 3.05) is 12.4 Å². The van der Waals surface area contributed by atoms with Gasteiger partial charge in [-0.3, -0.25) is 4.79 Å². The number of halogens is 1. The molecule has 3 N–H and O–H groups in total. The molecule has 0 radical (unpaired) electrons. The fourth-order valence-electron chi connectivity index (χ4n) is 1.28. The van der Waals surface area contributed by atoms with Gasteiger partial charge in [-0.15, -0.1) is 0 Å². The zero-order chi connectivity index (χ0) is 13.7. The highest BCUT2D eigenvalue weighted by Crippen LogP contribution is 2.23. The Morgan fingerprint density at radius 1 is 1.50 bits per heavy atom. The monoisotopic (exact) mass is 270 g/mol. The Bertz CT molecular complexity index is 463. The van der Waals surface area contributed by atoms with Crippen LogP contribution in [-0.2, 0) is 9.53 Å². The lowest BCUT2D eigenvalue weighted by Gasteiger charge is -2.12. The highest BCUT2D eigenvalue weighted by atomic mass is 35.5. The molecule has 98 valence electrons. The van der Waals surface area contributed by atoms with Gasteiger partial charge in [-0.2, -0.15) is 0 Å². The van der Waals surface area contributed by atoms with Crippen molar-refractivity contribution < 1.29 is 14.3 Å². The first-order valence-corrected chi connectivity index (χ1v) is 5.81. The first-order chi connectivity index (χ1) is 8.49. The van der Waals surface area contributed by atoms with Crippen LogP contribution in [0.15, 0.2) is 18.2 Å². The van der Waals surface area contributed by atoms with Gasteiger partial charge in [0.15, 0.2) is 0 Å². The number of methoxy groups -OCH3 is 1. The summed E-state index contributed by atoms with van der Waals surface area (Å²) in [5.41, 5.74) is 6.24. The summed E-state index contributed by atoms with van der Waals surface area (Å²) in [5.74, 6) is -0.844. The van der Waals surface area contributed by atoms with Crippen molar-refractivity contribution in [1.29, 1.82) is 0 Å². The smallest absolute Gasteiger partial charge is 0.337 e. The average Bonchev–Trinajstić information content (AvgIpc) is 2.39. The van der Waals surface area contributed by atoms with E-state index < -0.39 is 12.0 Å². The predicted octanol–water partition coefficient (Wildman–Crippen LogP) is 1.80. The Labute approximate surface area is 110 Å². The van der Waals surface area contributed by atoms with E-state index in [4.69, 9.17) is 17.3 Å². The number of nitrogens with one attached hydrogen (secondary N) is 1. The van der Waals surface area contributed by atoms with E-state index in [2.05, 4.69) is 10.1 Å². The number of esters is 1. The number of nitrogens with two attached hydrogens (primary N) is 1. The predicted molar refractivity (Wildman–Crippen MR) is 69.7 cm³/mol. The summed E-state index contributed by atoms with van der Waals surface area (Å²) in [7, 11) is 1.28. The molecule has 1 unspecified atom stereocenters. The Morgan fingerprint density at radius 2 is 2.17 bits per heavy atom. The van der Waals surface area contributed by atoms with Crippen molar-refractivity contribution in [3.05, 3.63) is 28.8 Å². The van der Waals surface area contributed by atoms with Crippen LogP contribution in [0.3, 0.4) is 0 Å². The van der Waals surface area contributed by atoms with Crippen molar-refractivity contribution in [2.24, 2.45) is 5.73 Å². The summed E-state index contributed by atoms with van der Waals surface area (Å²) in [6.45, 7) is 1.80. The van der Waals surface area contributed by atoms with E-state index in [9.17, 15) is 9.59 Å². The number of carbonyl (C=O) groups excluding carboxylic acids is 2. The quantitative estimate of drug-likeness (QED) is 0.818. The molecule has 5 nitrogen and oxygen atoms in total. The van der Waals surface area contributed by atoms with Crippen LogP contribution >= 0.6 is 11.6 Å². The second kappa shape index (κ2) is 6.37. The molecule has 1 rings (SSSR count). The Balaban J connectivity index is 2.94. The fraction of sp³-hybridized carbons (Fsp3) is 0.333. The summed E-state index contributed by atoms with van der Waals surface area (Å²) in [6, 6.07) is 3.88. The summed E-state index contributed by atoms with van der Waals surface area (Å²) >= 11 is 5.93. The van der Waals surface area contributed by atoms with Crippen LogP contribution in [0.2, 0.25) is 5.02 Å². The lowest BCUT2D eigenvalue weighted by molar-refractivity contribution is -0.117. The maximum Gasteiger partial charge on any atom is 0.337 e. The molecule has 0 saturated heterocycles. The largest absolute Gasteiger partial charge is 0.465 e. The molecule has 0 aromatic heterocycles. The van der Waals surface area contributed by atoms with Gasteiger partial charge in [-0.1, -0.05) is 18.5 Å². The van der Waals surface area contributed by atoms with Gasteiger partial charge in [0.05, 0.1) is 29.4 Å². The minimum Gasteiger partial charge on any atom is -0.465 e. The van der Waals surface area contributed by atoms with Gasteiger partial charge in [0, 0.05) is 0 Å². The van der Waals surface area contributed by atoms with E-state index in [-0.39, 0.29) is 5.91 Å². The zero-order valence-corrected chi connectivity index (χ0v) is 11.0. The molecule has 0 aliphatic carbocycles. The number of carbonyl (C=O) groups is 2. The maximum atomic E-state index is 11.6. The van der Waals surface area contributed by atoms with Gasteiger partial charge in [0.1, 0.15) is 0 Å². The van der Waals surface area contributed by atoms with Crippen molar-refractivity contribution in [3.63, 3.8) is 0 Å². The Morgan fingerprint density at radius 3 is 2.72 bits per heavy atom. The van der Waals surface area contributed by atoms with Crippen LogP contribution in [0.4, 0.5) is 5.69 Å². The van der Waals surface area contributed by atoms with E-state index in [1.165, 1.54) is 25.3 Å². The molecule has 0 bridgehead atoms. The van der Waals surface area contributed by atoms with Crippen LogP contribution in [0.5, 0.6) is 0 Å². The number of rotatable bonds is 4. The third-order valence-electron chi connectivity index (χ3n) is 2.42. The topological polar surface area (TPSA) is 81.4 Å². The van der Waals surface area contributed by atoms with Gasteiger partial charge in [-0.25, -0.2) is 4.79 Å². The number of amides is 1. The molecule has 1 amide bonds. The average molecular weight is 271 g/mol. The lowest BCUT2D eigenvalue weighted by atomic mass is 10.2. The molecular weight excluding hydrogens is 256 g/mol. The maximum absolute atomic E-state index is 11.6. The first-order valence-electron chi connectivity index (χ1n) is 5.44. The molecule has 1 atom stereocenters. The SMILES string of the molecule is CCC(N)C(=O)Nc1cc(C(=O)OC)ccc1Cl. The Kier molecular flexibility index (Phi) is 5.12. The number of hydrogen-bond acceptors (Lipinski definition) is 4. The van der Waals surface area contributed by atoms with E-state index in [0.29, 0.717) is 22.7 Å². The minimum absolute atomic E-state index is 0.308. The van der Waals surface area contributed by atoms with Crippen LogP contribution in [0.25, 0.3) is 0 Å². The van der Waals surface area contributed by atoms with Crippen molar-refractivity contribution in [1.82, 2.24) is 0 Å². The number of benzene rings is 1. The zero-order valence-electron chi connectivity index (χ0n) is 10.2. The van der Waals surface area contributed by atoms with Gasteiger partial charge in [0.25, 0.3) is 0 Å². The van der Waals surface area contributed by atoms with Crippen molar-refractivity contribution in [3.8, 4) is 0 Å². The molecule has 1 aromatic carbocycles. The van der Waals surface area contributed by atoms with Gasteiger partial charge >= 0.3 is 5.97 Å². The lowest BCUT2D eigenvalue weighted by Crippen LogP contribution is -2.34. The summed E-state index contributed by atoms with van der Waals surface area (Å²) in [4.78, 5) is 23.0. The molecule has 1 aromatic rings. The first kappa shape index (κ1) is 14.5. The second-order valence-corrected chi connectivity index (χ2v) is 4.10. The molecule has 18 heavy (non-hydrogen) atoms. The van der Waals surface area contributed by atoms with Crippen LogP contribution < -0.4 is 11.1 Å². The second-order valence-electron chi connectivity index (χ2n) is 3.69. The van der Waals surface area contributed by atoms with E-state index >= 15 is 0 Å². The van der Waals surface area contributed by atoms with Crippen LogP contribution in [0, 0.1) is 0 Å². The fourth-order valence-corrected chi connectivity index (χ4v) is 1.44. The summed E-state index contributed by atoms with van der Waals surface area (Å²) in [6.07, 6.45) is 0.514. The molecule has 0 heterocycles. The molecule has 0 aliphatic rings. The van der Waals surface area contributed by atoms with Gasteiger partial charge in [0.2, 0.25) is 5.91 Å². The molecule has 0 fully saturated rings. The molecule has 6 heteroatoms. The molecule has 0 saturated carbocycles. The molecular formula is C12H15ClN2O3. The minimum atomic E-state index is -0.608. The molecule has 0 spiro atoms. The van der Waals surface area contributed by atoms with Gasteiger partial charge in [-0.05, 0) is 24.6 Å². The third-order valence-corrected chi connectivity index (χ3v) is 2.75. The van der Waals surface area contributed by atoms with E-state index in [0.717, 1.165) is 0 Å².